The molecule has 0 aliphatic carbocycles. The molecule has 0 atom stereocenters. The number of rotatable bonds is 2. The fourth-order valence-electron chi connectivity index (χ4n) is 1.57. The minimum atomic E-state index is -4.31. The maximum absolute atomic E-state index is 12.0. The van der Waals surface area contributed by atoms with E-state index >= 15 is 0 Å². The molecule has 0 spiro atoms. The molecule has 0 amide bonds. The van der Waals surface area contributed by atoms with Gasteiger partial charge < -0.3 is 9.72 Å². The van der Waals surface area contributed by atoms with Crippen molar-refractivity contribution in [2.45, 2.75) is 13.1 Å². The van der Waals surface area contributed by atoms with Crippen LogP contribution in [-0.2, 0) is 0 Å². The summed E-state index contributed by atoms with van der Waals surface area (Å²) < 4.78 is 40.6. The highest BCUT2D eigenvalue weighted by Crippen LogP contribution is 2.25. The fourth-order valence-corrected chi connectivity index (χ4v) is 1.57. The third-order valence-corrected chi connectivity index (χ3v) is 2.25. The lowest BCUT2D eigenvalue weighted by Crippen LogP contribution is -2.19. The van der Waals surface area contributed by atoms with E-state index in [1.807, 2.05) is 13.0 Å². The van der Waals surface area contributed by atoms with Crippen LogP contribution in [0.2, 0.25) is 0 Å². The zero-order chi connectivity index (χ0) is 11.8. The van der Waals surface area contributed by atoms with Crippen LogP contribution in [0.1, 0.15) is 5.56 Å². The molecule has 2 aromatic rings. The molecule has 16 heavy (non-hydrogen) atoms. The molecule has 0 saturated carbocycles. The van der Waals surface area contributed by atoms with Crippen molar-refractivity contribution in [1.82, 2.24) is 4.98 Å². The number of nitrogens with one attached hydrogen (secondary N) is 1. The number of H-pyrrole nitrogens is 1. The van der Waals surface area contributed by atoms with Gasteiger partial charge in [0.25, 0.3) is 0 Å². The van der Waals surface area contributed by atoms with Gasteiger partial charge in [0.05, 0.1) is 0 Å². The van der Waals surface area contributed by atoms with E-state index in [1.54, 1.807) is 18.3 Å². The van der Waals surface area contributed by atoms with Crippen molar-refractivity contribution in [2.24, 2.45) is 0 Å². The number of alkyl halides is 3. The van der Waals surface area contributed by atoms with Crippen molar-refractivity contribution in [1.29, 1.82) is 0 Å². The molecule has 0 saturated heterocycles. The average molecular weight is 229 g/mol. The predicted octanol–water partition coefficient (Wildman–Crippen LogP) is 3.42. The first kappa shape index (κ1) is 10.9. The average Bonchev–Trinajstić information content (AvgIpc) is 2.62. The summed E-state index contributed by atoms with van der Waals surface area (Å²) in [5.41, 5.74) is 1.66. The van der Waals surface area contributed by atoms with Crippen LogP contribution < -0.4 is 4.74 Å². The zero-order valence-corrected chi connectivity index (χ0v) is 8.56. The summed E-state index contributed by atoms with van der Waals surface area (Å²) in [7, 11) is 0. The molecule has 1 aromatic heterocycles. The highest BCUT2D eigenvalue weighted by molar-refractivity contribution is 5.84. The van der Waals surface area contributed by atoms with Crippen molar-refractivity contribution >= 4 is 10.9 Å². The molecule has 1 heterocycles. The van der Waals surface area contributed by atoms with E-state index in [4.69, 9.17) is 0 Å². The van der Waals surface area contributed by atoms with Crippen molar-refractivity contribution in [3.8, 4) is 5.75 Å². The van der Waals surface area contributed by atoms with Crippen LogP contribution >= 0.6 is 0 Å². The SMILES string of the molecule is Cc1cc(OCC(F)(F)F)cc2[nH]ccc12. The Hall–Kier alpha value is -1.65. The van der Waals surface area contributed by atoms with Crippen LogP contribution in [0.3, 0.4) is 0 Å². The quantitative estimate of drug-likeness (QED) is 0.838. The topological polar surface area (TPSA) is 25.0 Å². The molecule has 1 aromatic carbocycles. The number of ether oxygens (including phenoxy) is 1. The molecule has 0 aliphatic rings. The van der Waals surface area contributed by atoms with Crippen molar-refractivity contribution in [2.75, 3.05) is 6.61 Å². The maximum Gasteiger partial charge on any atom is 0.422 e. The zero-order valence-electron chi connectivity index (χ0n) is 8.56. The molecule has 0 aliphatic heterocycles. The van der Waals surface area contributed by atoms with Crippen LogP contribution in [0.25, 0.3) is 10.9 Å². The summed E-state index contributed by atoms with van der Waals surface area (Å²) in [6.45, 7) is 0.565. The molecule has 0 fully saturated rings. The summed E-state index contributed by atoms with van der Waals surface area (Å²) in [4.78, 5) is 2.94. The van der Waals surface area contributed by atoms with Crippen LogP contribution in [0.15, 0.2) is 24.4 Å². The van der Waals surface area contributed by atoms with Crippen LogP contribution in [0.5, 0.6) is 5.75 Å². The van der Waals surface area contributed by atoms with Gasteiger partial charge in [0.2, 0.25) is 0 Å². The van der Waals surface area contributed by atoms with Crippen molar-refractivity contribution < 1.29 is 17.9 Å². The van der Waals surface area contributed by atoms with Gasteiger partial charge in [-0.3, -0.25) is 0 Å². The number of benzene rings is 1. The smallest absolute Gasteiger partial charge is 0.422 e. The number of fused-ring (bicyclic) bond motifs is 1. The number of aryl methyl sites for hydroxylation is 1. The Labute approximate surface area is 90.0 Å². The molecule has 0 radical (unpaired) electrons. The Morgan fingerprint density at radius 1 is 1.31 bits per heavy atom. The molecule has 0 unspecified atom stereocenters. The molecule has 0 bridgehead atoms. The lowest BCUT2D eigenvalue weighted by Gasteiger charge is -2.10. The lowest BCUT2D eigenvalue weighted by atomic mass is 10.1. The molecular weight excluding hydrogens is 219 g/mol. The van der Waals surface area contributed by atoms with Gasteiger partial charge in [-0.1, -0.05) is 0 Å². The second kappa shape index (κ2) is 3.73. The van der Waals surface area contributed by atoms with Gasteiger partial charge in [0.15, 0.2) is 6.61 Å². The van der Waals surface area contributed by atoms with Crippen LogP contribution in [0.4, 0.5) is 13.2 Å². The normalized spacial score (nSPS) is 12.0. The standard InChI is InChI=1S/C11H10F3NO/c1-7-4-8(16-6-11(12,13)14)5-10-9(7)2-3-15-10/h2-5,15H,6H2,1H3. The van der Waals surface area contributed by atoms with Gasteiger partial charge in [-0.15, -0.1) is 0 Å². The first-order chi connectivity index (χ1) is 7.46. The number of aromatic amines is 1. The maximum atomic E-state index is 12.0. The Bertz CT molecular complexity index is 501. The third-order valence-electron chi connectivity index (χ3n) is 2.25. The van der Waals surface area contributed by atoms with Crippen LogP contribution in [0, 0.1) is 6.92 Å². The summed E-state index contributed by atoms with van der Waals surface area (Å²) in [6, 6.07) is 5.04. The van der Waals surface area contributed by atoms with E-state index in [9.17, 15) is 13.2 Å². The number of aromatic nitrogens is 1. The van der Waals surface area contributed by atoms with Crippen LogP contribution in [-0.4, -0.2) is 17.8 Å². The van der Waals surface area contributed by atoms with Gasteiger partial charge in [0.1, 0.15) is 5.75 Å². The first-order valence-electron chi connectivity index (χ1n) is 4.73. The highest BCUT2D eigenvalue weighted by Gasteiger charge is 2.28. The van der Waals surface area contributed by atoms with Gasteiger partial charge >= 0.3 is 6.18 Å². The van der Waals surface area contributed by atoms with Gasteiger partial charge in [-0.2, -0.15) is 13.2 Å². The minimum Gasteiger partial charge on any atom is -0.484 e. The summed E-state index contributed by atoms with van der Waals surface area (Å²) in [6.07, 6.45) is -2.57. The van der Waals surface area contributed by atoms with E-state index in [0.717, 1.165) is 16.5 Å². The third kappa shape index (κ3) is 2.29. The van der Waals surface area contributed by atoms with E-state index in [-0.39, 0.29) is 5.75 Å². The van der Waals surface area contributed by atoms with Crippen molar-refractivity contribution in [3.63, 3.8) is 0 Å². The number of hydrogen-bond donors (Lipinski definition) is 1. The molecule has 2 rings (SSSR count). The van der Waals surface area contributed by atoms with E-state index in [1.165, 1.54) is 0 Å². The van der Waals surface area contributed by atoms with E-state index in [2.05, 4.69) is 9.72 Å². The number of halogens is 3. The molecule has 1 N–H and O–H groups in total. The van der Waals surface area contributed by atoms with E-state index < -0.39 is 12.8 Å². The minimum absolute atomic E-state index is 0.227. The highest BCUT2D eigenvalue weighted by atomic mass is 19.4. The Morgan fingerprint density at radius 2 is 2.06 bits per heavy atom. The fraction of sp³-hybridized carbons (Fsp3) is 0.273. The van der Waals surface area contributed by atoms with Crippen molar-refractivity contribution in [3.05, 3.63) is 30.0 Å². The molecular formula is C11H10F3NO. The monoisotopic (exact) mass is 229 g/mol. The summed E-state index contributed by atoms with van der Waals surface area (Å²) in [5, 5.41) is 0.986. The lowest BCUT2D eigenvalue weighted by molar-refractivity contribution is -0.153. The molecule has 2 nitrogen and oxygen atoms in total. The first-order valence-corrected chi connectivity index (χ1v) is 4.73. The summed E-state index contributed by atoms with van der Waals surface area (Å²) in [5.74, 6) is 0.227. The Morgan fingerprint density at radius 3 is 2.75 bits per heavy atom. The number of hydrogen-bond acceptors (Lipinski definition) is 1. The van der Waals surface area contributed by atoms with Gasteiger partial charge in [-0.05, 0) is 24.6 Å². The second-order valence-electron chi connectivity index (χ2n) is 3.58. The summed E-state index contributed by atoms with van der Waals surface area (Å²) >= 11 is 0. The van der Waals surface area contributed by atoms with Gasteiger partial charge in [-0.25, -0.2) is 0 Å². The Kier molecular flexibility index (Phi) is 2.53. The molecule has 5 heteroatoms. The Balaban J connectivity index is 2.25. The molecule has 86 valence electrons. The van der Waals surface area contributed by atoms with E-state index in [0.29, 0.717) is 0 Å². The predicted molar refractivity (Wildman–Crippen MR) is 54.6 cm³/mol. The van der Waals surface area contributed by atoms with Gasteiger partial charge in [0, 0.05) is 23.2 Å². The largest absolute Gasteiger partial charge is 0.484 e. The second-order valence-corrected chi connectivity index (χ2v) is 3.58.